The quantitative estimate of drug-likeness (QED) is 0.708. The molecule has 148 valence electrons. The monoisotopic (exact) mass is 401 g/mol. The molecule has 1 N–H and O–H groups in total. The van der Waals surface area contributed by atoms with Gasteiger partial charge in [-0.2, -0.15) is 10.1 Å². The fourth-order valence-electron chi connectivity index (χ4n) is 3.67. The lowest BCUT2D eigenvalue weighted by atomic mass is 9.94. The average molecular weight is 402 g/mol. The Kier molecular flexibility index (Phi) is 5.26. The third-order valence-corrected chi connectivity index (χ3v) is 5.65. The minimum absolute atomic E-state index is 0.0689. The van der Waals surface area contributed by atoms with Crippen LogP contribution in [0.15, 0.2) is 28.8 Å². The molecule has 8 heteroatoms. The van der Waals surface area contributed by atoms with Gasteiger partial charge in [-0.1, -0.05) is 11.6 Å². The first kappa shape index (κ1) is 18.8. The maximum Gasteiger partial charge on any atom is 0.298 e. The van der Waals surface area contributed by atoms with Gasteiger partial charge >= 0.3 is 0 Å². The van der Waals surface area contributed by atoms with Gasteiger partial charge in [-0.25, -0.2) is 0 Å². The number of halogens is 1. The molecule has 1 aliphatic rings. The Bertz CT molecular complexity index is 996. The molecule has 0 bridgehead atoms. The molecule has 4 rings (SSSR count). The van der Waals surface area contributed by atoms with Gasteiger partial charge in [0, 0.05) is 55.4 Å². The van der Waals surface area contributed by atoms with Crippen LogP contribution in [-0.2, 0) is 18.4 Å². The first-order valence-corrected chi connectivity index (χ1v) is 9.92. The zero-order valence-electron chi connectivity index (χ0n) is 16.1. The number of fused-ring (bicyclic) bond motifs is 1. The number of aryl methyl sites for hydroxylation is 1. The summed E-state index contributed by atoms with van der Waals surface area (Å²) in [4.78, 5) is 19.1. The van der Waals surface area contributed by atoms with Crippen LogP contribution >= 0.6 is 11.6 Å². The number of nitrogens with zero attached hydrogens (tertiary/aromatic N) is 4. The molecule has 1 amide bonds. The Hall–Kier alpha value is -2.54. The SMILES string of the molecule is Cc1c(CNC(=O)CC2CCCN(c3nc4ccc(Cl)cc4o3)C2)cnn1C. The molecule has 1 atom stereocenters. The molecule has 0 spiro atoms. The summed E-state index contributed by atoms with van der Waals surface area (Å²) in [6.07, 6.45) is 4.35. The van der Waals surface area contributed by atoms with Gasteiger partial charge in [-0.05, 0) is 37.8 Å². The standard InChI is InChI=1S/C20H24ClN5O2/c1-13-15(11-23-25(13)2)10-22-19(27)8-14-4-3-7-26(12-14)20-24-17-6-5-16(21)9-18(17)28-20/h5-6,9,11,14H,3-4,7-8,10,12H2,1-2H3,(H,22,27). The lowest BCUT2D eigenvalue weighted by Crippen LogP contribution is -2.38. The molecule has 1 aliphatic heterocycles. The summed E-state index contributed by atoms with van der Waals surface area (Å²) in [5.41, 5.74) is 3.60. The van der Waals surface area contributed by atoms with Gasteiger partial charge in [0.1, 0.15) is 5.52 Å². The molecule has 1 aromatic carbocycles. The summed E-state index contributed by atoms with van der Waals surface area (Å²) in [6, 6.07) is 6.06. The molecule has 1 fully saturated rings. The van der Waals surface area contributed by atoms with Crippen LogP contribution in [0.4, 0.5) is 6.01 Å². The number of aromatic nitrogens is 3. The smallest absolute Gasteiger partial charge is 0.298 e. The molecule has 7 nitrogen and oxygen atoms in total. The van der Waals surface area contributed by atoms with Crippen molar-refractivity contribution in [2.24, 2.45) is 13.0 Å². The summed E-state index contributed by atoms with van der Waals surface area (Å²) >= 11 is 6.03. The van der Waals surface area contributed by atoms with Gasteiger partial charge in [0.05, 0.1) is 6.20 Å². The summed E-state index contributed by atoms with van der Waals surface area (Å²) in [5, 5.41) is 7.86. The van der Waals surface area contributed by atoms with Gasteiger partial charge < -0.3 is 14.6 Å². The normalized spacial score (nSPS) is 17.2. The van der Waals surface area contributed by atoms with Crippen molar-refractivity contribution in [1.29, 1.82) is 0 Å². The predicted molar refractivity (Wildman–Crippen MR) is 108 cm³/mol. The van der Waals surface area contributed by atoms with Crippen LogP contribution in [0, 0.1) is 12.8 Å². The van der Waals surface area contributed by atoms with Crippen LogP contribution in [0.25, 0.3) is 11.1 Å². The molecule has 1 unspecified atom stereocenters. The van der Waals surface area contributed by atoms with E-state index in [1.807, 2.05) is 30.8 Å². The maximum atomic E-state index is 12.4. The number of anilines is 1. The third-order valence-electron chi connectivity index (χ3n) is 5.42. The Morgan fingerprint density at radius 2 is 2.29 bits per heavy atom. The highest BCUT2D eigenvalue weighted by atomic mass is 35.5. The van der Waals surface area contributed by atoms with Gasteiger partial charge in [-0.3, -0.25) is 9.48 Å². The summed E-state index contributed by atoms with van der Waals surface area (Å²) in [7, 11) is 1.90. The van der Waals surface area contributed by atoms with Crippen molar-refractivity contribution < 1.29 is 9.21 Å². The largest absolute Gasteiger partial charge is 0.423 e. The molecule has 28 heavy (non-hydrogen) atoms. The fraction of sp³-hybridized carbons (Fsp3) is 0.450. The minimum atomic E-state index is 0.0689. The first-order valence-electron chi connectivity index (χ1n) is 9.55. The van der Waals surface area contributed by atoms with E-state index in [4.69, 9.17) is 16.0 Å². The van der Waals surface area contributed by atoms with Crippen LogP contribution in [0.2, 0.25) is 5.02 Å². The molecule has 3 aromatic rings. The zero-order valence-corrected chi connectivity index (χ0v) is 16.9. The molecule has 0 aliphatic carbocycles. The average Bonchev–Trinajstić information content (AvgIpc) is 3.24. The van der Waals surface area contributed by atoms with Crippen molar-refractivity contribution in [2.45, 2.75) is 32.7 Å². The van der Waals surface area contributed by atoms with E-state index in [0.717, 1.165) is 42.7 Å². The van der Waals surface area contributed by atoms with E-state index >= 15 is 0 Å². The van der Waals surface area contributed by atoms with Crippen LogP contribution in [0.5, 0.6) is 0 Å². The number of rotatable bonds is 5. The first-order chi connectivity index (χ1) is 13.5. The van der Waals surface area contributed by atoms with Crippen molar-refractivity contribution in [3.05, 3.63) is 40.7 Å². The van der Waals surface area contributed by atoms with E-state index in [1.165, 1.54) is 0 Å². The number of hydrogen-bond donors (Lipinski definition) is 1. The molecular weight excluding hydrogens is 378 g/mol. The van der Waals surface area contributed by atoms with Crippen LogP contribution in [0.1, 0.15) is 30.5 Å². The Labute approximate surface area is 168 Å². The molecule has 1 saturated heterocycles. The van der Waals surface area contributed by atoms with Gasteiger partial charge in [0.2, 0.25) is 5.91 Å². The van der Waals surface area contributed by atoms with E-state index in [1.54, 1.807) is 12.3 Å². The topological polar surface area (TPSA) is 76.2 Å². The second-order valence-electron chi connectivity index (χ2n) is 7.42. The van der Waals surface area contributed by atoms with Crippen LogP contribution in [-0.4, -0.2) is 33.8 Å². The van der Waals surface area contributed by atoms with Crippen molar-refractivity contribution in [2.75, 3.05) is 18.0 Å². The van der Waals surface area contributed by atoms with Crippen molar-refractivity contribution in [1.82, 2.24) is 20.1 Å². The van der Waals surface area contributed by atoms with E-state index in [2.05, 4.69) is 20.3 Å². The fourth-order valence-corrected chi connectivity index (χ4v) is 3.83. The van der Waals surface area contributed by atoms with Crippen molar-refractivity contribution in [3.8, 4) is 0 Å². The van der Waals surface area contributed by atoms with E-state index in [-0.39, 0.29) is 11.8 Å². The van der Waals surface area contributed by atoms with Gasteiger partial charge in [0.25, 0.3) is 6.01 Å². The number of hydrogen-bond acceptors (Lipinski definition) is 5. The zero-order chi connectivity index (χ0) is 19.7. The Morgan fingerprint density at radius 3 is 3.07 bits per heavy atom. The third kappa shape index (κ3) is 3.99. The number of carbonyl (C=O) groups is 1. The number of amides is 1. The number of benzene rings is 1. The number of carbonyl (C=O) groups excluding carboxylic acids is 1. The highest BCUT2D eigenvalue weighted by Gasteiger charge is 2.25. The van der Waals surface area contributed by atoms with Crippen molar-refractivity contribution in [3.63, 3.8) is 0 Å². The lowest BCUT2D eigenvalue weighted by molar-refractivity contribution is -0.122. The summed E-state index contributed by atoms with van der Waals surface area (Å²) in [5.74, 6) is 0.349. The van der Waals surface area contributed by atoms with Gasteiger partial charge in [0.15, 0.2) is 5.58 Å². The predicted octanol–water partition coefficient (Wildman–Crippen LogP) is 3.45. The summed E-state index contributed by atoms with van der Waals surface area (Å²) in [6.45, 7) is 4.16. The summed E-state index contributed by atoms with van der Waals surface area (Å²) < 4.78 is 7.70. The Morgan fingerprint density at radius 1 is 1.43 bits per heavy atom. The Balaban J connectivity index is 1.35. The van der Waals surface area contributed by atoms with Crippen molar-refractivity contribution >= 4 is 34.6 Å². The second-order valence-corrected chi connectivity index (χ2v) is 7.86. The van der Waals surface area contributed by atoms with Gasteiger partial charge in [-0.15, -0.1) is 0 Å². The molecule has 2 aromatic heterocycles. The molecule has 3 heterocycles. The minimum Gasteiger partial charge on any atom is -0.423 e. The molecule has 0 radical (unpaired) electrons. The lowest BCUT2D eigenvalue weighted by Gasteiger charge is -2.31. The van der Waals surface area contributed by atoms with Crippen LogP contribution < -0.4 is 10.2 Å². The highest BCUT2D eigenvalue weighted by Crippen LogP contribution is 2.28. The van der Waals surface area contributed by atoms with E-state index < -0.39 is 0 Å². The molecular formula is C20H24ClN5O2. The highest BCUT2D eigenvalue weighted by molar-refractivity contribution is 6.31. The number of oxazole rings is 1. The maximum absolute atomic E-state index is 12.4. The van der Waals surface area contributed by atoms with E-state index in [0.29, 0.717) is 29.6 Å². The number of piperidine rings is 1. The van der Waals surface area contributed by atoms with Crippen LogP contribution in [0.3, 0.4) is 0 Å². The van der Waals surface area contributed by atoms with E-state index in [9.17, 15) is 4.79 Å². The number of nitrogens with one attached hydrogen (secondary N) is 1. The molecule has 0 saturated carbocycles. The second kappa shape index (κ2) is 7.83.